The summed E-state index contributed by atoms with van der Waals surface area (Å²) < 4.78 is 0. The molecule has 0 aromatic heterocycles. The normalized spacial score (nSPS) is 48.7. The van der Waals surface area contributed by atoms with E-state index in [-0.39, 0.29) is 11.2 Å². The molecule has 5 atom stereocenters. The minimum Gasteiger partial charge on any atom is -0.290 e. The summed E-state index contributed by atoms with van der Waals surface area (Å²) >= 11 is 0. The first kappa shape index (κ1) is 14.5. The molecule has 0 aromatic rings. The Hall–Kier alpha value is -1.11. The van der Waals surface area contributed by atoms with Crippen LogP contribution in [0.2, 0.25) is 0 Å². The summed E-state index contributed by atoms with van der Waals surface area (Å²) in [6.45, 7) is 7.16. The second-order valence-electron chi connectivity index (χ2n) is 8.41. The molecule has 3 saturated carbocycles. The predicted molar refractivity (Wildman–Crippen MR) is 90.4 cm³/mol. The van der Waals surface area contributed by atoms with Gasteiger partial charge in [0.25, 0.3) is 0 Å². The van der Waals surface area contributed by atoms with Gasteiger partial charge >= 0.3 is 0 Å². The highest BCUT2D eigenvalue weighted by Crippen LogP contribution is 2.65. The monoisotopic (exact) mass is 296 g/mol. The van der Waals surface area contributed by atoms with Gasteiger partial charge in [0.1, 0.15) is 0 Å². The molecule has 4 aliphatic rings. The number of ketones is 1. The second-order valence-corrected chi connectivity index (χ2v) is 8.41. The zero-order valence-electron chi connectivity index (χ0n) is 14.2. The molecule has 1 nitrogen and oxygen atoms in total. The Morgan fingerprint density at radius 3 is 2.73 bits per heavy atom. The topological polar surface area (TPSA) is 17.1 Å². The molecular formula is C21H28O. The van der Waals surface area contributed by atoms with Gasteiger partial charge in [-0.25, -0.2) is 0 Å². The summed E-state index contributed by atoms with van der Waals surface area (Å²) in [5.74, 6) is 2.65. The SMILES string of the molecule is CC=C1CC[C@H]2[C@@H]3CCC4=CC(=O)C=C[C@]4(C)[C@H]3CC[C@]12C. The lowest BCUT2D eigenvalue weighted by atomic mass is 9.48. The third kappa shape index (κ3) is 1.74. The number of hydrogen-bond acceptors (Lipinski definition) is 1. The van der Waals surface area contributed by atoms with Crippen LogP contribution in [0.3, 0.4) is 0 Å². The van der Waals surface area contributed by atoms with Crippen molar-refractivity contribution in [2.45, 2.75) is 59.3 Å². The molecule has 0 aliphatic heterocycles. The van der Waals surface area contributed by atoms with E-state index < -0.39 is 0 Å². The van der Waals surface area contributed by atoms with Gasteiger partial charge in [-0.1, -0.05) is 37.1 Å². The maximum Gasteiger partial charge on any atom is 0.178 e. The van der Waals surface area contributed by atoms with Crippen LogP contribution in [-0.4, -0.2) is 5.78 Å². The molecule has 4 aliphatic carbocycles. The molecular weight excluding hydrogens is 268 g/mol. The van der Waals surface area contributed by atoms with Crippen LogP contribution >= 0.6 is 0 Å². The number of rotatable bonds is 0. The Morgan fingerprint density at radius 2 is 1.95 bits per heavy atom. The highest BCUT2D eigenvalue weighted by atomic mass is 16.1. The lowest BCUT2D eigenvalue weighted by Crippen LogP contribution is -2.48. The van der Waals surface area contributed by atoms with Gasteiger partial charge in [-0.15, -0.1) is 0 Å². The fraction of sp³-hybridized carbons (Fsp3) is 0.667. The van der Waals surface area contributed by atoms with Gasteiger partial charge in [0.05, 0.1) is 0 Å². The molecule has 0 radical (unpaired) electrons. The lowest BCUT2D eigenvalue weighted by Gasteiger charge is -2.56. The summed E-state index contributed by atoms with van der Waals surface area (Å²) in [6.07, 6.45) is 16.2. The Morgan fingerprint density at radius 1 is 1.14 bits per heavy atom. The van der Waals surface area contributed by atoms with Gasteiger partial charge in [-0.3, -0.25) is 4.79 Å². The number of carbonyl (C=O) groups is 1. The van der Waals surface area contributed by atoms with Crippen molar-refractivity contribution < 1.29 is 4.79 Å². The van der Waals surface area contributed by atoms with E-state index in [2.05, 4.69) is 32.9 Å². The molecule has 0 aromatic carbocycles. The van der Waals surface area contributed by atoms with Gasteiger partial charge in [0.2, 0.25) is 0 Å². The molecule has 0 saturated heterocycles. The quantitative estimate of drug-likeness (QED) is 0.559. The minimum atomic E-state index is 0.150. The number of fused-ring (bicyclic) bond motifs is 5. The van der Waals surface area contributed by atoms with Gasteiger partial charge in [0.15, 0.2) is 5.78 Å². The highest BCUT2D eigenvalue weighted by Gasteiger charge is 2.56. The number of carbonyl (C=O) groups excluding carboxylic acids is 1. The van der Waals surface area contributed by atoms with E-state index in [1.165, 1.54) is 37.7 Å². The van der Waals surface area contributed by atoms with Gasteiger partial charge in [-0.05, 0) is 80.8 Å². The molecule has 0 unspecified atom stereocenters. The van der Waals surface area contributed by atoms with Gasteiger partial charge < -0.3 is 0 Å². The fourth-order valence-corrected chi connectivity index (χ4v) is 6.52. The first-order valence-electron chi connectivity index (χ1n) is 9.09. The van der Waals surface area contributed by atoms with Crippen LogP contribution in [0.4, 0.5) is 0 Å². The fourth-order valence-electron chi connectivity index (χ4n) is 6.52. The molecule has 0 heterocycles. The van der Waals surface area contributed by atoms with Gasteiger partial charge in [0, 0.05) is 5.41 Å². The third-order valence-electron chi connectivity index (χ3n) is 7.75. The third-order valence-corrected chi connectivity index (χ3v) is 7.75. The molecule has 22 heavy (non-hydrogen) atoms. The van der Waals surface area contributed by atoms with E-state index >= 15 is 0 Å². The maximum atomic E-state index is 11.8. The smallest absolute Gasteiger partial charge is 0.178 e. The molecule has 0 bridgehead atoms. The summed E-state index contributed by atoms with van der Waals surface area (Å²) in [6, 6.07) is 0. The van der Waals surface area contributed by atoms with Crippen LogP contribution in [0.15, 0.2) is 35.5 Å². The number of allylic oxidation sites excluding steroid dienone is 6. The van der Waals surface area contributed by atoms with Crippen LogP contribution in [0.1, 0.15) is 59.3 Å². The Kier molecular flexibility index (Phi) is 3.09. The highest BCUT2D eigenvalue weighted by molar-refractivity contribution is 6.01. The molecule has 3 fully saturated rings. The molecule has 118 valence electrons. The first-order chi connectivity index (χ1) is 10.5. The average molecular weight is 296 g/mol. The first-order valence-corrected chi connectivity index (χ1v) is 9.09. The van der Waals surface area contributed by atoms with Crippen LogP contribution in [0.5, 0.6) is 0 Å². The van der Waals surface area contributed by atoms with E-state index in [4.69, 9.17) is 0 Å². The van der Waals surface area contributed by atoms with E-state index in [0.29, 0.717) is 5.41 Å². The average Bonchev–Trinajstić information content (AvgIpc) is 2.84. The molecule has 0 spiro atoms. The van der Waals surface area contributed by atoms with E-state index in [1.807, 2.05) is 12.2 Å². The van der Waals surface area contributed by atoms with Gasteiger partial charge in [-0.2, -0.15) is 0 Å². The molecule has 0 N–H and O–H groups in total. The zero-order valence-corrected chi connectivity index (χ0v) is 14.2. The zero-order chi connectivity index (χ0) is 15.5. The van der Waals surface area contributed by atoms with Crippen LogP contribution in [0.25, 0.3) is 0 Å². The second kappa shape index (κ2) is 4.69. The summed E-state index contributed by atoms with van der Waals surface area (Å²) in [5, 5.41) is 0. The van der Waals surface area contributed by atoms with Crippen LogP contribution in [-0.2, 0) is 4.79 Å². The summed E-state index contributed by atoms with van der Waals surface area (Å²) in [4.78, 5) is 11.8. The Labute approximate surface area is 134 Å². The standard InChI is InChI=1S/C21H28O/c1-4-14-6-8-18-17-7-5-15-13-16(22)9-11-21(15,3)19(17)10-12-20(14,18)2/h4,9,11,13,17-19H,5-8,10,12H2,1-3H3/t17-,18-,19-,20+,21-/m0/s1. The van der Waals surface area contributed by atoms with Crippen molar-refractivity contribution in [3.63, 3.8) is 0 Å². The predicted octanol–water partition coefficient (Wildman–Crippen LogP) is 5.24. The Bertz CT molecular complexity index is 607. The van der Waals surface area contributed by atoms with Crippen LogP contribution < -0.4 is 0 Å². The maximum absolute atomic E-state index is 11.8. The van der Waals surface area contributed by atoms with Crippen LogP contribution in [0, 0.1) is 28.6 Å². The largest absolute Gasteiger partial charge is 0.290 e. The van der Waals surface area contributed by atoms with Crippen molar-refractivity contribution >= 4 is 5.78 Å². The lowest BCUT2D eigenvalue weighted by molar-refractivity contribution is -0.111. The van der Waals surface area contributed by atoms with Crippen molar-refractivity contribution in [1.29, 1.82) is 0 Å². The van der Waals surface area contributed by atoms with E-state index in [1.54, 1.807) is 5.57 Å². The minimum absolute atomic E-state index is 0.150. The summed E-state index contributed by atoms with van der Waals surface area (Å²) in [7, 11) is 0. The van der Waals surface area contributed by atoms with Crippen molar-refractivity contribution in [2.24, 2.45) is 28.6 Å². The number of hydrogen-bond donors (Lipinski definition) is 0. The van der Waals surface area contributed by atoms with Crippen molar-refractivity contribution in [3.8, 4) is 0 Å². The van der Waals surface area contributed by atoms with Crippen molar-refractivity contribution in [1.82, 2.24) is 0 Å². The van der Waals surface area contributed by atoms with E-state index in [0.717, 1.165) is 24.2 Å². The molecule has 1 heteroatoms. The summed E-state index contributed by atoms with van der Waals surface area (Å²) in [5.41, 5.74) is 3.74. The van der Waals surface area contributed by atoms with E-state index in [9.17, 15) is 4.79 Å². The van der Waals surface area contributed by atoms with Crippen molar-refractivity contribution in [3.05, 3.63) is 35.5 Å². The molecule has 4 rings (SSSR count). The Balaban J connectivity index is 1.71. The molecule has 0 amide bonds. The van der Waals surface area contributed by atoms with Crippen molar-refractivity contribution in [2.75, 3.05) is 0 Å².